The lowest BCUT2D eigenvalue weighted by Gasteiger charge is -2.14. The number of fused-ring (bicyclic) bond motifs is 1. The van der Waals surface area contributed by atoms with Gasteiger partial charge in [-0.05, 0) is 37.5 Å². The van der Waals surface area contributed by atoms with Gasteiger partial charge in [-0.1, -0.05) is 35.0 Å². The van der Waals surface area contributed by atoms with Crippen LogP contribution in [0.2, 0.25) is 0 Å². The molecule has 1 atom stereocenters. The molecule has 1 unspecified atom stereocenters. The first-order valence-electron chi connectivity index (χ1n) is 10.3. The van der Waals surface area contributed by atoms with Crippen molar-refractivity contribution in [2.24, 2.45) is 20.0 Å². The molecule has 0 aliphatic rings. The van der Waals surface area contributed by atoms with E-state index in [0.29, 0.717) is 49.4 Å². The summed E-state index contributed by atoms with van der Waals surface area (Å²) in [6.07, 6.45) is 1.69. The van der Waals surface area contributed by atoms with Crippen LogP contribution in [0.15, 0.2) is 38.3 Å². The summed E-state index contributed by atoms with van der Waals surface area (Å²) >= 11 is 3.48. The Balaban J connectivity index is 2.10. The number of imidazole rings is 1. The molecule has 31 heavy (non-hydrogen) atoms. The molecule has 0 spiro atoms. The van der Waals surface area contributed by atoms with E-state index >= 15 is 0 Å². The number of nitrogens with zero attached hydrogens (tertiary/aromatic N) is 4. The van der Waals surface area contributed by atoms with Crippen LogP contribution in [0.4, 0.5) is 0 Å². The summed E-state index contributed by atoms with van der Waals surface area (Å²) in [5, 5.41) is 0. The highest BCUT2D eigenvalue weighted by atomic mass is 79.9. The second kappa shape index (κ2) is 9.64. The summed E-state index contributed by atoms with van der Waals surface area (Å²) in [5.74, 6) is 0.199. The fourth-order valence-electron chi connectivity index (χ4n) is 3.72. The van der Waals surface area contributed by atoms with Crippen LogP contribution < -0.4 is 11.2 Å². The van der Waals surface area contributed by atoms with Crippen LogP contribution in [-0.4, -0.2) is 31.3 Å². The van der Waals surface area contributed by atoms with Gasteiger partial charge < -0.3 is 9.30 Å². The second-order valence-electron chi connectivity index (χ2n) is 7.52. The predicted octanol–water partition coefficient (Wildman–Crippen LogP) is 2.77. The average Bonchev–Trinajstić information content (AvgIpc) is 3.09. The number of ether oxygens (including phenoxy) is 1. The maximum atomic E-state index is 13.0. The van der Waals surface area contributed by atoms with Crippen LogP contribution >= 0.6 is 15.9 Å². The highest BCUT2D eigenvalue weighted by Crippen LogP contribution is 2.20. The average molecular weight is 491 g/mol. The summed E-state index contributed by atoms with van der Waals surface area (Å²) in [5.41, 5.74) is 0.910. The largest absolute Gasteiger partial charge is 0.466 e. The van der Waals surface area contributed by atoms with Crippen molar-refractivity contribution in [2.45, 2.75) is 39.7 Å². The first-order valence-corrected chi connectivity index (χ1v) is 11.1. The van der Waals surface area contributed by atoms with Crippen LogP contribution in [0, 0.1) is 5.92 Å². The van der Waals surface area contributed by atoms with Gasteiger partial charge >= 0.3 is 11.7 Å². The zero-order valence-electron chi connectivity index (χ0n) is 18.2. The van der Waals surface area contributed by atoms with E-state index in [1.165, 1.54) is 11.6 Å². The van der Waals surface area contributed by atoms with E-state index in [0.717, 1.165) is 14.6 Å². The number of halogens is 1. The van der Waals surface area contributed by atoms with Gasteiger partial charge in [0.05, 0.1) is 12.5 Å². The number of benzene rings is 1. The van der Waals surface area contributed by atoms with Crippen molar-refractivity contribution in [2.75, 3.05) is 6.61 Å². The van der Waals surface area contributed by atoms with Gasteiger partial charge in [0.25, 0.3) is 5.56 Å². The monoisotopic (exact) mass is 490 g/mol. The number of aryl methyl sites for hydroxylation is 2. The zero-order chi connectivity index (χ0) is 22.7. The van der Waals surface area contributed by atoms with Crippen LogP contribution in [0.5, 0.6) is 0 Å². The lowest BCUT2D eigenvalue weighted by molar-refractivity contribution is -0.148. The fraction of sp³-hybridized carbons (Fsp3) is 0.455. The van der Waals surface area contributed by atoms with Crippen molar-refractivity contribution >= 4 is 33.1 Å². The number of rotatable bonds is 8. The summed E-state index contributed by atoms with van der Waals surface area (Å²) in [7, 11) is 3.08. The Bertz CT molecular complexity index is 1220. The first-order chi connectivity index (χ1) is 14.8. The van der Waals surface area contributed by atoms with Gasteiger partial charge in [-0.3, -0.25) is 18.7 Å². The zero-order valence-corrected chi connectivity index (χ0v) is 19.8. The molecule has 8 nitrogen and oxygen atoms in total. The molecule has 0 saturated heterocycles. The molecule has 0 radical (unpaired) electrons. The second-order valence-corrected chi connectivity index (χ2v) is 8.43. The summed E-state index contributed by atoms with van der Waals surface area (Å²) in [6.45, 7) is 4.51. The van der Waals surface area contributed by atoms with Crippen LogP contribution in [-0.2, 0) is 36.6 Å². The smallest absolute Gasteiger partial charge is 0.332 e. The molecule has 0 aliphatic heterocycles. The predicted molar refractivity (Wildman–Crippen MR) is 122 cm³/mol. The van der Waals surface area contributed by atoms with Gasteiger partial charge in [0, 0.05) is 31.5 Å². The standard InChI is InChI=1S/C22H27BrN4O4/c1-5-15(21(29)31-6-2)10-11-17-24-19-18(20(28)26(4)22(30)25(19)3)27(17)13-14-8-7-9-16(23)12-14/h7-9,12,15H,5-6,10-11,13H2,1-4H3. The lowest BCUT2D eigenvalue weighted by atomic mass is 10.0. The van der Waals surface area contributed by atoms with Crippen molar-refractivity contribution in [3.05, 3.63) is 61.0 Å². The molecule has 3 rings (SSSR count). The highest BCUT2D eigenvalue weighted by Gasteiger charge is 2.22. The Labute approximate surface area is 188 Å². The quantitative estimate of drug-likeness (QED) is 0.453. The van der Waals surface area contributed by atoms with Crippen molar-refractivity contribution in [3.63, 3.8) is 0 Å². The van der Waals surface area contributed by atoms with Crippen molar-refractivity contribution in [3.8, 4) is 0 Å². The fourth-order valence-corrected chi connectivity index (χ4v) is 4.17. The SMILES string of the molecule is CCOC(=O)C(CC)CCc1nc2c(c(=O)n(C)c(=O)n2C)n1Cc1cccc(Br)c1. The topological polar surface area (TPSA) is 88.1 Å². The maximum Gasteiger partial charge on any atom is 0.332 e. The maximum absolute atomic E-state index is 13.0. The summed E-state index contributed by atoms with van der Waals surface area (Å²) in [6, 6.07) is 7.82. The van der Waals surface area contributed by atoms with E-state index in [4.69, 9.17) is 4.74 Å². The number of hydrogen-bond acceptors (Lipinski definition) is 5. The number of esters is 1. The van der Waals surface area contributed by atoms with E-state index in [2.05, 4.69) is 20.9 Å². The van der Waals surface area contributed by atoms with Crippen molar-refractivity contribution in [1.29, 1.82) is 0 Å². The minimum Gasteiger partial charge on any atom is -0.466 e. The summed E-state index contributed by atoms with van der Waals surface area (Å²) < 4.78 is 10.5. The molecule has 3 aromatic rings. The van der Waals surface area contributed by atoms with E-state index < -0.39 is 5.69 Å². The third kappa shape index (κ3) is 4.66. The Hall–Kier alpha value is -2.68. The van der Waals surface area contributed by atoms with Gasteiger partial charge in [0.1, 0.15) is 5.82 Å². The summed E-state index contributed by atoms with van der Waals surface area (Å²) in [4.78, 5) is 42.3. The molecule has 0 amide bonds. The van der Waals surface area contributed by atoms with Gasteiger partial charge in [-0.2, -0.15) is 0 Å². The first kappa shape index (κ1) is 23.0. The number of aromatic nitrogens is 4. The van der Waals surface area contributed by atoms with Gasteiger partial charge in [-0.15, -0.1) is 0 Å². The van der Waals surface area contributed by atoms with Crippen molar-refractivity contribution in [1.82, 2.24) is 18.7 Å². The molecule has 0 aliphatic carbocycles. The highest BCUT2D eigenvalue weighted by molar-refractivity contribution is 9.10. The lowest BCUT2D eigenvalue weighted by Crippen LogP contribution is -2.37. The third-order valence-corrected chi connectivity index (χ3v) is 5.98. The molecule has 0 saturated carbocycles. The minimum absolute atomic E-state index is 0.219. The van der Waals surface area contributed by atoms with Gasteiger partial charge in [0.2, 0.25) is 0 Å². The van der Waals surface area contributed by atoms with Crippen molar-refractivity contribution < 1.29 is 9.53 Å². The van der Waals surface area contributed by atoms with E-state index in [1.807, 2.05) is 35.8 Å². The van der Waals surface area contributed by atoms with Gasteiger partial charge in [-0.25, -0.2) is 9.78 Å². The number of carbonyl (C=O) groups is 1. The number of hydrogen-bond donors (Lipinski definition) is 0. The molecular formula is C22H27BrN4O4. The minimum atomic E-state index is -0.422. The molecule has 2 aromatic heterocycles. The molecule has 0 bridgehead atoms. The Morgan fingerprint density at radius 2 is 1.94 bits per heavy atom. The van der Waals surface area contributed by atoms with Gasteiger partial charge in [0.15, 0.2) is 11.2 Å². The van der Waals surface area contributed by atoms with E-state index in [1.54, 1.807) is 14.0 Å². The Kier molecular flexibility index (Phi) is 7.15. The molecule has 2 heterocycles. The molecule has 9 heteroatoms. The van der Waals surface area contributed by atoms with Crippen LogP contribution in [0.1, 0.15) is 38.1 Å². The van der Waals surface area contributed by atoms with E-state index in [-0.39, 0.29) is 17.4 Å². The molecule has 0 fully saturated rings. The molecule has 0 N–H and O–H groups in total. The third-order valence-electron chi connectivity index (χ3n) is 5.49. The van der Waals surface area contributed by atoms with E-state index in [9.17, 15) is 14.4 Å². The van der Waals surface area contributed by atoms with Crippen LogP contribution in [0.3, 0.4) is 0 Å². The normalized spacial score (nSPS) is 12.3. The molecule has 166 valence electrons. The Morgan fingerprint density at radius 3 is 2.58 bits per heavy atom. The molecular weight excluding hydrogens is 464 g/mol. The molecule has 1 aromatic carbocycles. The Morgan fingerprint density at radius 1 is 1.19 bits per heavy atom. The number of carbonyl (C=O) groups excluding carboxylic acids is 1. The van der Waals surface area contributed by atoms with Crippen LogP contribution in [0.25, 0.3) is 11.2 Å².